The molecule has 0 spiro atoms. The molecule has 172 valence electrons. The highest BCUT2D eigenvalue weighted by atomic mass is 16.6. The predicted molar refractivity (Wildman–Crippen MR) is 126 cm³/mol. The zero-order chi connectivity index (χ0) is 23.5. The molecule has 2 N–H and O–H groups in total. The number of hydrogen-bond acceptors (Lipinski definition) is 7. The third-order valence-electron chi connectivity index (χ3n) is 4.94. The highest BCUT2D eigenvalue weighted by Crippen LogP contribution is 2.20. The van der Waals surface area contributed by atoms with E-state index in [1.54, 1.807) is 0 Å². The third-order valence-corrected chi connectivity index (χ3v) is 4.94. The molecule has 0 amide bonds. The van der Waals surface area contributed by atoms with Crippen molar-refractivity contribution in [3.63, 3.8) is 0 Å². The summed E-state index contributed by atoms with van der Waals surface area (Å²) in [5.74, 6) is 1.10. The van der Waals surface area contributed by atoms with Crippen molar-refractivity contribution in [1.82, 2.24) is 0 Å². The Kier molecular flexibility index (Phi) is 8.85. The van der Waals surface area contributed by atoms with Crippen LogP contribution >= 0.6 is 0 Å². The van der Waals surface area contributed by atoms with Gasteiger partial charge in [-0.2, -0.15) is 0 Å². The summed E-state index contributed by atoms with van der Waals surface area (Å²) in [4.78, 5) is 16.3. The van der Waals surface area contributed by atoms with E-state index in [2.05, 4.69) is 9.89 Å². The van der Waals surface area contributed by atoms with Gasteiger partial charge >= 0.3 is 5.97 Å². The molecule has 3 aromatic rings. The Bertz CT molecular complexity index is 1030. The fourth-order valence-electron chi connectivity index (χ4n) is 3.10. The van der Waals surface area contributed by atoms with Gasteiger partial charge in [0.2, 0.25) is 0 Å². The molecule has 0 aliphatic carbocycles. The maximum Gasteiger partial charge on any atom is 0.307 e. The molecule has 0 bridgehead atoms. The minimum atomic E-state index is -0.407. The maximum absolute atomic E-state index is 11.4. The highest BCUT2D eigenvalue weighted by Gasteiger charge is 2.12. The number of ether oxygens (including phenoxy) is 3. The van der Waals surface area contributed by atoms with Crippen LogP contribution in [0.5, 0.6) is 11.5 Å². The second-order valence-electron chi connectivity index (χ2n) is 7.26. The van der Waals surface area contributed by atoms with Crippen molar-refractivity contribution < 1.29 is 23.8 Å². The molecule has 33 heavy (non-hydrogen) atoms. The summed E-state index contributed by atoms with van der Waals surface area (Å²) in [6.07, 6.45) is 0.134. The van der Waals surface area contributed by atoms with Crippen LogP contribution in [0.1, 0.15) is 29.2 Å². The fraction of sp³-hybridized carbons (Fsp3) is 0.231. The van der Waals surface area contributed by atoms with Gasteiger partial charge in [0.1, 0.15) is 37.5 Å². The minimum Gasteiger partial charge on any atom is -0.489 e. The zero-order valence-corrected chi connectivity index (χ0v) is 18.8. The molecule has 0 saturated heterocycles. The first kappa shape index (κ1) is 23.8. The van der Waals surface area contributed by atoms with Crippen molar-refractivity contribution in [2.24, 2.45) is 10.9 Å². The number of benzene rings is 3. The smallest absolute Gasteiger partial charge is 0.307 e. The van der Waals surface area contributed by atoms with Crippen LogP contribution in [0.3, 0.4) is 0 Å². The van der Waals surface area contributed by atoms with Crippen molar-refractivity contribution in [2.75, 3.05) is 20.8 Å². The average Bonchev–Trinajstić information content (AvgIpc) is 2.86. The molecule has 0 radical (unpaired) electrons. The molecule has 0 aromatic heterocycles. The van der Waals surface area contributed by atoms with Crippen molar-refractivity contribution in [2.45, 2.75) is 19.1 Å². The van der Waals surface area contributed by atoms with E-state index in [0.717, 1.165) is 22.4 Å². The predicted octanol–water partition coefficient (Wildman–Crippen LogP) is 4.26. The van der Waals surface area contributed by atoms with Crippen LogP contribution in [0.2, 0.25) is 0 Å². The molecule has 7 heteroatoms. The number of carbonyl (C=O) groups excluding carboxylic acids is 1. The van der Waals surface area contributed by atoms with Crippen molar-refractivity contribution >= 4 is 11.7 Å². The van der Waals surface area contributed by atoms with Gasteiger partial charge in [-0.25, -0.2) is 0 Å². The summed E-state index contributed by atoms with van der Waals surface area (Å²) < 4.78 is 16.4. The van der Waals surface area contributed by atoms with Gasteiger partial charge in [-0.3, -0.25) is 4.79 Å². The van der Waals surface area contributed by atoms with E-state index in [4.69, 9.17) is 20.0 Å². The Labute approximate surface area is 193 Å². The van der Waals surface area contributed by atoms with E-state index >= 15 is 0 Å². The molecule has 0 aliphatic heterocycles. The van der Waals surface area contributed by atoms with Crippen LogP contribution in [0.25, 0.3) is 0 Å². The maximum atomic E-state index is 11.4. The lowest BCUT2D eigenvalue weighted by Gasteiger charge is -2.12. The van der Waals surface area contributed by atoms with Crippen molar-refractivity contribution in [1.29, 1.82) is 0 Å². The normalized spacial score (nSPS) is 12.0. The number of nitrogens with zero attached hydrogens (tertiary/aromatic N) is 1. The molecule has 3 aromatic carbocycles. The second kappa shape index (κ2) is 12.3. The Morgan fingerprint density at radius 1 is 0.879 bits per heavy atom. The topological polar surface area (TPSA) is 92.4 Å². The molecule has 1 atom stereocenters. The zero-order valence-electron chi connectivity index (χ0n) is 18.8. The highest BCUT2D eigenvalue weighted by molar-refractivity contribution is 6.01. The first-order valence-corrected chi connectivity index (χ1v) is 10.5. The first-order valence-electron chi connectivity index (χ1n) is 10.5. The van der Waals surface area contributed by atoms with Crippen molar-refractivity contribution in [3.05, 3.63) is 95.6 Å². The van der Waals surface area contributed by atoms with Gasteiger partial charge < -0.3 is 24.8 Å². The number of carbonyl (C=O) groups is 1. The van der Waals surface area contributed by atoms with Crippen LogP contribution in [-0.4, -0.2) is 32.5 Å². The molecule has 3 rings (SSSR count). The molecule has 0 aliphatic rings. The second-order valence-corrected chi connectivity index (χ2v) is 7.26. The number of esters is 1. The minimum absolute atomic E-state index is 0.134. The monoisotopic (exact) mass is 448 g/mol. The molecule has 0 heterocycles. The van der Waals surface area contributed by atoms with E-state index in [1.807, 2.05) is 78.9 Å². The van der Waals surface area contributed by atoms with E-state index in [-0.39, 0.29) is 19.0 Å². The lowest BCUT2D eigenvalue weighted by atomic mass is 10.0. The standard InChI is InChI=1S/C26H28N2O5/c1-30-26(29)16-24(27)20-10-14-23(15-11-20)32-17-19-8-12-22(13-9-19)33-18-25(28-31-2)21-6-4-3-5-7-21/h3-15,24H,16-18,27H2,1-2H3/b28-25+. The molecule has 0 fully saturated rings. The third kappa shape index (κ3) is 7.36. The van der Waals surface area contributed by atoms with Gasteiger partial charge in [0.25, 0.3) is 0 Å². The van der Waals surface area contributed by atoms with Crippen LogP contribution in [-0.2, 0) is 21.0 Å². The quantitative estimate of drug-likeness (QED) is 0.268. The number of methoxy groups -OCH3 is 1. The Morgan fingerprint density at radius 3 is 2.15 bits per heavy atom. The van der Waals surface area contributed by atoms with Crippen LogP contribution < -0.4 is 15.2 Å². The summed E-state index contributed by atoms with van der Waals surface area (Å²) in [5.41, 5.74) is 9.53. The number of oxime groups is 1. The van der Waals surface area contributed by atoms with Crippen LogP contribution in [0.15, 0.2) is 84.0 Å². The van der Waals surface area contributed by atoms with Gasteiger partial charge in [0, 0.05) is 11.6 Å². The number of nitrogens with two attached hydrogens (primary N) is 1. The van der Waals surface area contributed by atoms with E-state index < -0.39 is 6.04 Å². The molecular formula is C26H28N2O5. The lowest BCUT2D eigenvalue weighted by Crippen LogP contribution is -2.16. The first-order chi connectivity index (χ1) is 16.1. The summed E-state index contributed by atoms with van der Waals surface area (Å²) in [6, 6.07) is 24.4. The molecular weight excluding hydrogens is 420 g/mol. The number of rotatable bonds is 11. The summed E-state index contributed by atoms with van der Waals surface area (Å²) in [7, 11) is 2.87. The summed E-state index contributed by atoms with van der Waals surface area (Å²) in [5, 5.41) is 4.07. The van der Waals surface area contributed by atoms with E-state index in [0.29, 0.717) is 18.1 Å². The summed E-state index contributed by atoms with van der Waals surface area (Å²) in [6.45, 7) is 0.701. The number of hydrogen-bond donors (Lipinski definition) is 1. The van der Waals surface area contributed by atoms with Gasteiger partial charge in [0.05, 0.1) is 13.5 Å². The molecule has 0 saturated carbocycles. The van der Waals surface area contributed by atoms with Gasteiger partial charge in [-0.1, -0.05) is 59.8 Å². The van der Waals surface area contributed by atoms with Crippen LogP contribution in [0.4, 0.5) is 0 Å². The van der Waals surface area contributed by atoms with Gasteiger partial charge in [-0.15, -0.1) is 0 Å². The average molecular weight is 449 g/mol. The Morgan fingerprint density at radius 2 is 1.52 bits per heavy atom. The summed E-state index contributed by atoms with van der Waals surface area (Å²) >= 11 is 0. The molecule has 7 nitrogen and oxygen atoms in total. The fourth-order valence-corrected chi connectivity index (χ4v) is 3.10. The van der Waals surface area contributed by atoms with E-state index in [9.17, 15) is 4.79 Å². The van der Waals surface area contributed by atoms with E-state index in [1.165, 1.54) is 14.2 Å². The molecule has 1 unspecified atom stereocenters. The van der Waals surface area contributed by atoms with Crippen LogP contribution in [0, 0.1) is 0 Å². The van der Waals surface area contributed by atoms with Gasteiger partial charge in [-0.05, 0) is 35.4 Å². The lowest BCUT2D eigenvalue weighted by molar-refractivity contribution is -0.141. The van der Waals surface area contributed by atoms with Gasteiger partial charge in [0.15, 0.2) is 0 Å². The van der Waals surface area contributed by atoms with Crippen molar-refractivity contribution in [3.8, 4) is 11.5 Å². The Balaban J connectivity index is 1.50. The Hall–Kier alpha value is -3.84. The SMILES string of the molecule is CO/N=C(\COc1ccc(COc2ccc(C(N)CC(=O)OC)cc2)cc1)c1ccccc1. The largest absolute Gasteiger partial charge is 0.489 e.